The van der Waals surface area contributed by atoms with Crippen LogP contribution >= 0.6 is 10.7 Å². The molecule has 0 radical (unpaired) electrons. The van der Waals surface area contributed by atoms with Crippen LogP contribution in [0.2, 0.25) is 0 Å². The minimum atomic E-state index is -4.19. The van der Waals surface area contributed by atoms with E-state index in [4.69, 9.17) is 33.1 Å². The standard InChI is InChI=1S/C2H4O2.CHNO.ClHO3S/c1-2(3)4;2-1-3;1-5(2,3)4/h1H3,(H,3,4);2H;(H,2,3,4). The van der Waals surface area contributed by atoms with Gasteiger partial charge in [0, 0.05) is 17.6 Å². The number of carbonyl (C=O) groups excluding carboxylic acids is 1. The van der Waals surface area contributed by atoms with Gasteiger partial charge in [0.25, 0.3) is 5.97 Å². The van der Waals surface area contributed by atoms with E-state index < -0.39 is 15.3 Å². The van der Waals surface area contributed by atoms with Gasteiger partial charge < -0.3 is 5.11 Å². The molecule has 0 aliphatic carbocycles. The summed E-state index contributed by atoms with van der Waals surface area (Å²) in [5.74, 6) is -0.833. The number of isocyanates is 1. The minimum Gasteiger partial charge on any atom is -0.481 e. The van der Waals surface area contributed by atoms with Gasteiger partial charge in [-0.2, -0.15) is 8.42 Å². The first-order valence-electron chi connectivity index (χ1n) is 2.05. The highest BCUT2D eigenvalue weighted by molar-refractivity contribution is 8.09. The Bertz CT molecular complexity index is 228. The number of carboxylic acids is 1. The summed E-state index contributed by atoms with van der Waals surface area (Å²) < 4.78 is 25.2. The zero-order valence-electron chi connectivity index (χ0n) is 5.81. The van der Waals surface area contributed by atoms with E-state index in [1.165, 1.54) is 0 Å². The first-order chi connectivity index (χ1) is 5.15. The maximum absolute atomic E-state index is 9.00. The molecule has 0 heterocycles. The highest BCUT2D eigenvalue weighted by Gasteiger charge is 1.86. The van der Waals surface area contributed by atoms with Crippen LogP contribution in [0.4, 0.5) is 0 Å². The second-order valence-corrected chi connectivity index (χ2v) is 3.03. The number of carboxylic acid groups (broad SMARTS) is 1. The quantitative estimate of drug-likeness (QED) is 0.228. The molecule has 0 fully saturated rings. The van der Waals surface area contributed by atoms with E-state index in [1.807, 2.05) is 0 Å². The predicted molar refractivity (Wildman–Crippen MR) is 39.1 cm³/mol. The van der Waals surface area contributed by atoms with E-state index in [1.54, 1.807) is 0 Å². The number of hydrogen-bond donors (Lipinski definition) is 3. The molecule has 0 spiro atoms. The zero-order chi connectivity index (χ0) is 10.8. The van der Waals surface area contributed by atoms with Gasteiger partial charge in [-0.05, 0) is 0 Å². The van der Waals surface area contributed by atoms with Crippen LogP contribution in [0.5, 0.6) is 0 Å². The van der Waals surface area contributed by atoms with Crippen molar-refractivity contribution in [2.45, 2.75) is 6.92 Å². The summed E-state index contributed by atoms with van der Waals surface area (Å²) in [4.78, 5) is 17.3. The van der Waals surface area contributed by atoms with E-state index in [9.17, 15) is 0 Å². The van der Waals surface area contributed by atoms with Gasteiger partial charge in [0.05, 0.1) is 0 Å². The van der Waals surface area contributed by atoms with Gasteiger partial charge in [0.2, 0.25) is 6.08 Å². The number of halogens is 1. The van der Waals surface area contributed by atoms with Crippen molar-refractivity contribution in [3.05, 3.63) is 0 Å². The van der Waals surface area contributed by atoms with Crippen molar-refractivity contribution in [3.8, 4) is 0 Å². The Balaban J connectivity index is -0.000000105. The summed E-state index contributed by atoms with van der Waals surface area (Å²) in [5.41, 5.74) is 0. The molecule has 0 aliphatic rings. The molecule has 0 atom stereocenters. The lowest BCUT2D eigenvalue weighted by Gasteiger charge is -1.65. The number of carbonyl (C=O) groups is 1. The van der Waals surface area contributed by atoms with Crippen molar-refractivity contribution in [2.24, 2.45) is 0 Å². The molecule has 0 saturated carbocycles. The molecule has 0 rings (SSSR count). The summed E-state index contributed by atoms with van der Waals surface area (Å²) in [6.07, 6.45) is 0.750. The predicted octanol–water partition coefficient (Wildman–Crippen LogP) is 0.0199. The first-order valence-corrected chi connectivity index (χ1v) is 4.32. The molecule has 0 aromatic carbocycles. The topological polar surface area (TPSA) is 133 Å². The fourth-order valence-electron chi connectivity index (χ4n) is 0. The molecule has 0 saturated heterocycles. The third-order valence-corrected chi connectivity index (χ3v) is 0. The second-order valence-electron chi connectivity index (χ2n) is 1.03. The van der Waals surface area contributed by atoms with Gasteiger partial charge in [-0.3, -0.25) is 9.35 Å². The third kappa shape index (κ3) is 650. The van der Waals surface area contributed by atoms with E-state index in [0.717, 1.165) is 13.0 Å². The van der Waals surface area contributed by atoms with Crippen molar-refractivity contribution in [3.63, 3.8) is 0 Å². The number of nitrogens with one attached hydrogen (secondary N) is 1. The van der Waals surface area contributed by atoms with Crippen LogP contribution in [0, 0.1) is 5.41 Å². The second kappa shape index (κ2) is 10.0. The Morgan fingerprint density at radius 1 is 1.58 bits per heavy atom. The average Bonchev–Trinajstić information content (AvgIpc) is 1.56. The average molecular weight is 220 g/mol. The van der Waals surface area contributed by atoms with Crippen molar-refractivity contribution in [2.75, 3.05) is 0 Å². The lowest BCUT2D eigenvalue weighted by Crippen LogP contribution is -1.78. The molecule has 0 aromatic rings. The van der Waals surface area contributed by atoms with E-state index in [0.29, 0.717) is 0 Å². The molecule has 72 valence electrons. The highest BCUT2D eigenvalue weighted by atomic mass is 35.7. The molecule has 0 aromatic heterocycles. The van der Waals surface area contributed by atoms with Crippen LogP contribution in [0.25, 0.3) is 0 Å². The van der Waals surface area contributed by atoms with Gasteiger partial charge in [-0.15, -0.1) is 0 Å². The van der Waals surface area contributed by atoms with E-state index in [-0.39, 0.29) is 0 Å². The first kappa shape index (κ1) is 17.2. The number of rotatable bonds is 0. The summed E-state index contributed by atoms with van der Waals surface area (Å²) >= 11 is 0. The summed E-state index contributed by atoms with van der Waals surface area (Å²) in [6.45, 7) is 1.08. The van der Waals surface area contributed by atoms with Crippen LogP contribution < -0.4 is 0 Å². The third-order valence-electron chi connectivity index (χ3n) is 0. The monoisotopic (exact) mass is 219 g/mol. The van der Waals surface area contributed by atoms with E-state index >= 15 is 0 Å². The minimum absolute atomic E-state index is 0.750. The normalized spacial score (nSPS) is 7.58. The Morgan fingerprint density at radius 2 is 1.58 bits per heavy atom. The Morgan fingerprint density at radius 3 is 1.58 bits per heavy atom. The molecule has 0 aliphatic heterocycles. The SMILES string of the molecule is CC(=O)O.N=C=O.O=S(=O)(O)Cl. The smallest absolute Gasteiger partial charge is 0.353 e. The van der Waals surface area contributed by atoms with E-state index in [2.05, 4.69) is 10.7 Å². The van der Waals surface area contributed by atoms with Crippen molar-refractivity contribution in [1.29, 1.82) is 5.41 Å². The Labute approximate surface area is 72.7 Å². The fraction of sp³-hybridized carbons (Fsp3) is 0.333. The lowest BCUT2D eigenvalue weighted by molar-refractivity contribution is -0.134. The van der Waals surface area contributed by atoms with Gasteiger partial charge in [-0.25, -0.2) is 10.2 Å². The zero-order valence-corrected chi connectivity index (χ0v) is 7.39. The van der Waals surface area contributed by atoms with Crippen LogP contribution in [0.1, 0.15) is 6.92 Å². The van der Waals surface area contributed by atoms with Crippen LogP contribution in [-0.2, 0) is 18.9 Å². The number of hydrogen-bond acceptors (Lipinski definition) is 5. The Hall–Kier alpha value is -0.950. The Kier molecular flexibility index (Phi) is 14.4. The largest absolute Gasteiger partial charge is 0.481 e. The van der Waals surface area contributed by atoms with Crippen molar-refractivity contribution >= 4 is 32.1 Å². The maximum Gasteiger partial charge on any atom is 0.353 e. The molecule has 7 nitrogen and oxygen atoms in total. The maximum atomic E-state index is 9.00. The van der Waals surface area contributed by atoms with Gasteiger partial charge in [0.15, 0.2) is 0 Å². The van der Waals surface area contributed by atoms with Gasteiger partial charge >= 0.3 is 9.33 Å². The summed E-state index contributed by atoms with van der Waals surface area (Å²) in [7, 11) is -0.137. The fourth-order valence-corrected chi connectivity index (χ4v) is 0. The summed E-state index contributed by atoms with van der Waals surface area (Å²) in [5, 5.41) is 12.8. The van der Waals surface area contributed by atoms with Gasteiger partial charge in [0.1, 0.15) is 0 Å². The van der Waals surface area contributed by atoms with Crippen molar-refractivity contribution < 1.29 is 27.7 Å². The molecule has 0 unspecified atom stereocenters. The molecule has 3 N–H and O–H groups in total. The van der Waals surface area contributed by atoms with Crippen LogP contribution in [-0.4, -0.2) is 30.1 Å². The van der Waals surface area contributed by atoms with Crippen LogP contribution in [0.3, 0.4) is 0 Å². The molecular formula is C3H6ClNO6S. The molecular weight excluding hydrogens is 214 g/mol. The molecule has 0 amide bonds. The van der Waals surface area contributed by atoms with Gasteiger partial charge in [-0.1, -0.05) is 0 Å². The summed E-state index contributed by atoms with van der Waals surface area (Å²) in [6, 6.07) is 0. The van der Waals surface area contributed by atoms with Crippen LogP contribution in [0.15, 0.2) is 0 Å². The molecule has 0 bridgehead atoms. The highest BCUT2D eigenvalue weighted by Crippen LogP contribution is 1.82. The molecule has 9 heteroatoms. The van der Waals surface area contributed by atoms with Crippen molar-refractivity contribution in [1.82, 2.24) is 0 Å². The number of aliphatic carboxylic acids is 1. The lowest BCUT2D eigenvalue weighted by atomic mass is 10.9. The molecule has 12 heavy (non-hydrogen) atoms.